The molecule has 0 saturated heterocycles. The van der Waals surface area contributed by atoms with Gasteiger partial charge in [0.2, 0.25) is 0 Å². The van der Waals surface area contributed by atoms with E-state index < -0.39 is 0 Å². The van der Waals surface area contributed by atoms with Crippen molar-refractivity contribution < 1.29 is 9.53 Å². The van der Waals surface area contributed by atoms with Crippen LogP contribution in [0.5, 0.6) is 5.75 Å². The second kappa shape index (κ2) is 5.92. The molecule has 2 nitrogen and oxygen atoms in total. The third kappa shape index (κ3) is 3.09. The number of hydrogen-bond acceptors (Lipinski definition) is 2. The number of aryl methyl sites for hydroxylation is 1. The molecule has 0 atom stereocenters. The van der Waals surface area contributed by atoms with Gasteiger partial charge in [-0.25, -0.2) is 0 Å². The number of carbonyl (C=O) groups is 1. The standard InChI is InChI=1S/C15H12ClIO2/c1-9-7-10(3-6-14(9)19-2)15(18)12-8-11(16)4-5-13(12)17/h3-8H,1-2H3. The monoisotopic (exact) mass is 386 g/mol. The summed E-state index contributed by atoms with van der Waals surface area (Å²) in [5.74, 6) is 0.745. The number of halogens is 2. The molecule has 4 heteroatoms. The molecule has 0 spiro atoms. The zero-order valence-corrected chi connectivity index (χ0v) is 13.4. The summed E-state index contributed by atoms with van der Waals surface area (Å²) in [4.78, 5) is 12.5. The number of carbonyl (C=O) groups excluding carboxylic acids is 1. The first-order chi connectivity index (χ1) is 9.02. The summed E-state index contributed by atoms with van der Waals surface area (Å²) in [6.45, 7) is 1.92. The first-order valence-corrected chi connectivity index (χ1v) is 7.13. The molecule has 2 aromatic carbocycles. The molecule has 19 heavy (non-hydrogen) atoms. The lowest BCUT2D eigenvalue weighted by molar-refractivity contribution is 0.103. The smallest absolute Gasteiger partial charge is 0.194 e. The highest BCUT2D eigenvalue weighted by Gasteiger charge is 2.14. The van der Waals surface area contributed by atoms with Gasteiger partial charge < -0.3 is 4.74 Å². The predicted molar refractivity (Wildman–Crippen MR) is 85.3 cm³/mol. The first kappa shape index (κ1) is 14.3. The average Bonchev–Trinajstić information content (AvgIpc) is 2.40. The van der Waals surface area contributed by atoms with Crippen LogP contribution in [0.4, 0.5) is 0 Å². The third-order valence-corrected chi connectivity index (χ3v) is 4.01. The van der Waals surface area contributed by atoms with E-state index in [9.17, 15) is 4.79 Å². The zero-order valence-electron chi connectivity index (χ0n) is 10.5. The summed E-state index contributed by atoms with van der Waals surface area (Å²) in [5, 5.41) is 0.564. The van der Waals surface area contributed by atoms with Crippen molar-refractivity contribution in [1.29, 1.82) is 0 Å². The Morgan fingerprint density at radius 2 is 1.95 bits per heavy atom. The van der Waals surface area contributed by atoms with Crippen molar-refractivity contribution in [3.63, 3.8) is 0 Å². The van der Waals surface area contributed by atoms with Gasteiger partial charge in [0.15, 0.2) is 5.78 Å². The Morgan fingerprint density at radius 1 is 1.21 bits per heavy atom. The lowest BCUT2D eigenvalue weighted by Gasteiger charge is -2.08. The molecule has 0 saturated carbocycles. The number of ketones is 1. The second-order valence-electron chi connectivity index (χ2n) is 4.14. The van der Waals surface area contributed by atoms with E-state index >= 15 is 0 Å². The quantitative estimate of drug-likeness (QED) is 0.574. The van der Waals surface area contributed by atoms with Crippen LogP contribution in [0.3, 0.4) is 0 Å². The van der Waals surface area contributed by atoms with E-state index in [2.05, 4.69) is 22.6 Å². The summed E-state index contributed by atoms with van der Waals surface area (Å²) in [6.07, 6.45) is 0. The lowest BCUT2D eigenvalue weighted by atomic mass is 10.0. The molecule has 0 N–H and O–H groups in total. The van der Waals surface area contributed by atoms with Crippen LogP contribution in [0.25, 0.3) is 0 Å². The minimum Gasteiger partial charge on any atom is -0.496 e. The van der Waals surface area contributed by atoms with Crippen molar-refractivity contribution in [2.45, 2.75) is 6.92 Å². The van der Waals surface area contributed by atoms with Crippen LogP contribution in [0.1, 0.15) is 21.5 Å². The molecule has 0 unspecified atom stereocenters. The van der Waals surface area contributed by atoms with Gasteiger partial charge in [0, 0.05) is 19.7 Å². The summed E-state index contributed by atoms with van der Waals surface area (Å²) in [7, 11) is 1.61. The summed E-state index contributed by atoms with van der Waals surface area (Å²) >= 11 is 8.09. The Hall–Kier alpha value is -1.07. The Labute approximate surface area is 130 Å². The maximum Gasteiger partial charge on any atom is 0.194 e. The molecule has 0 radical (unpaired) electrons. The molecular formula is C15H12ClIO2. The van der Waals surface area contributed by atoms with Crippen molar-refractivity contribution in [3.8, 4) is 5.75 Å². The maximum absolute atomic E-state index is 12.5. The molecule has 2 rings (SSSR count). The van der Waals surface area contributed by atoms with Crippen LogP contribution < -0.4 is 4.74 Å². The third-order valence-electron chi connectivity index (χ3n) is 2.83. The van der Waals surface area contributed by atoms with Gasteiger partial charge in [0.05, 0.1) is 7.11 Å². The molecule has 0 amide bonds. The van der Waals surface area contributed by atoms with Gasteiger partial charge in [-0.2, -0.15) is 0 Å². The van der Waals surface area contributed by atoms with Gasteiger partial charge in [0.1, 0.15) is 5.75 Å². The highest BCUT2D eigenvalue weighted by molar-refractivity contribution is 14.1. The van der Waals surface area contributed by atoms with Crippen molar-refractivity contribution in [1.82, 2.24) is 0 Å². The Kier molecular flexibility index (Phi) is 4.47. The number of benzene rings is 2. The van der Waals surface area contributed by atoms with Gasteiger partial charge in [0.25, 0.3) is 0 Å². The lowest BCUT2D eigenvalue weighted by Crippen LogP contribution is -2.04. The minimum atomic E-state index is -0.0300. The van der Waals surface area contributed by atoms with Crippen LogP contribution in [-0.4, -0.2) is 12.9 Å². The number of rotatable bonds is 3. The van der Waals surface area contributed by atoms with E-state index in [1.807, 2.05) is 19.1 Å². The summed E-state index contributed by atoms with van der Waals surface area (Å²) in [6, 6.07) is 10.7. The van der Waals surface area contributed by atoms with Gasteiger partial charge >= 0.3 is 0 Å². The molecule has 0 fully saturated rings. The fourth-order valence-corrected chi connectivity index (χ4v) is 2.60. The van der Waals surface area contributed by atoms with Crippen LogP contribution in [0.15, 0.2) is 36.4 Å². The molecule has 0 aliphatic carbocycles. The Morgan fingerprint density at radius 3 is 2.58 bits per heavy atom. The predicted octanol–water partition coefficient (Wildman–Crippen LogP) is 4.49. The SMILES string of the molecule is COc1ccc(C(=O)c2cc(Cl)ccc2I)cc1C. The zero-order chi connectivity index (χ0) is 14.0. The normalized spacial score (nSPS) is 10.3. The van der Waals surface area contributed by atoms with Crippen molar-refractivity contribution in [2.24, 2.45) is 0 Å². The highest BCUT2D eigenvalue weighted by atomic mass is 127. The van der Waals surface area contributed by atoms with Gasteiger partial charge in [-0.15, -0.1) is 0 Å². The van der Waals surface area contributed by atoms with Gasteiger partial charge in [-0.1, -0.05) is 11.6 Å². The van der Waals surface area contributed by atoms with E-state index in [4.69, 9.17) is 16.3 Å². The molecule has 98 valence electrons. The number of methoxy groups -OCH3 is 1. The highest BCUT2D eigenvalue weighted by Crippen LogP contribution is 2.24. The van der Waals surface area contributed by atoms with E-state index in [0.29, 0.717) is 16.1 Å². The number of ether oxygens (including phenoxy) is 1. The Bertz CT molecular complexity index is 638. The minimum absolute atomic E-state index is 0.0300. The molecule has 0 heterocycles. The van der Waals surface area contributed by atoms with Gasteiger partial charge in [-0.05, 0) is 71.5 Å². The second-order valence-corrected chi connectivity index (χ2v) is 5.74. The summed E-state index contributed by atoms with van der Waals surface area (Å²) in [5.41, 5.74) is 2.20. The van der Waals surface area contributed by atoms with Crippen LogP contribution >= 0.6 is 34.2 Å². The van der Waals surface area contributed by atoms with E-state index in [-0.39, 0.29) is 5.78 Å². The fraction of sp³-hybridized carbons (Fsp3) is 0.133. The molecule has 0 aromatic heterocycles. The first-order valence-electron chi connectivity index (χ1n) is 5.67. The van der Waals surface area contributed by atoms with Gasteiger partial charge in [-0.3, -0.25) is 4.79 Å². The van der Waals surface area contributed by atoms with Crippen molar-refractivity contribution in [3.05, 3.63) is 61.7 Å². The van der Waals surface area contributed by atoms with Crippen LogP contribution in [0.2, 0.25) is 5.02 Å². The molecule has 0 bridgehead atoms. The van der Waals surface area contributed by atoms with Crippen LogP contribution in [-0.2, 0) is 0 Å². The number of hydrogen-bond donors (Lipinski definition) is 0. The maximum atomic E-state index is 12.5. The van der Waals surface area contributed by atoms with Crippen molar-refractivity contribution in [2.75, 3.05) is 7.11 Å². The van der Waals surface area contributed by atoms with E-state index in [1.54, 1.807) is 31.4 Å². The van der Waals surface area contributed by atoms with Crippen LogP contribution in [0, 0.1) is 10.5 Å². The average molecular weight is 387 g/mol. The fourth-order valence-electron chi connectivity index (χ4n) is 1.85. The summed E-state index contributed by atoms with van der Waals surface area (Å²) < 4.78 is 6.08. The largest absolute Gasteiger partial charge is 0.496 e. The topological polar surface area (TPSA) is 26.3 Å². The Balaban J connectivity index is 2.44. The van der Waals surface area contributed by atoms with E-state index in [1.165, 1.54) is 0 Å². The molecule has 0 aliphatic heterocycles. The molecular weight excluding hydrogens is 375 g/mol. The molecule has 2 aromatic rings. The molecule has 0 aliphatic rings. The van der Waals surface area contributed by atoms with Crippen molar-refractivity contribution >= 4 is 40.0 Å². The van der Waals surface area contributed by atoms with E-state index in [0.717, 1.165) is 14.9 Å².